The molecule has 0 aromatic carbocycles. The van der Waals surface area contributed by atoms with Gasteiger partial charge in [-0.15, -0.1) is 0 Å². The second-order valence-electron chi connectivity index (χ2n) is 1.49. The van der Waals surface area contributed by atoms with Crippen molar-refractivity contribution in [3.63, 3.8) is 0 Å². The molecule has 0 saturated heterocycles. The molecule has 0 aromatic rings. The summed E-state index contributed by atoms with van der Waals surface area (Å²) in [5.74, 6) is -3.20. The molecule has 0 aliphatic rings. The molecule has 0 aliphatic carbocycles. The maximum absolute atomic E-state index is 9.74. The minimum absolute atomic E-state index is 0.852. The van der Waals surface area contributed by atoms with Gasteiger partial charge in [0.2, 0.25) is 0 Å². The van der Waals surface area contributed by atoms with Gasteiger partial charge in [-0.3, -0.25) is 0 Å². The molecular weight excluding hydrogens is 270 g/mol. The third kappa shape index (κ3) is 14.1. The molecule has 9 heteroatoms. The molecule has 0 bridgehead atoms. The van der Waals surface area contributed by atoms with Crippen LogP contribution in [0, 0.1) is 0 Å². The third-order valence-corrected chi connectivity index (χ3v) is 0.613. The van der Waals surface area contributed by atoms with E-state index in [1.165, 1.54) is 0 Å². The van der Waals surface area contributed by atoms with Crippen LogP contribution in [0.2, 0.25) is 0 Å². The Morgan fingerprint density at radius 3 is 2.00 bits per heavy atom. The summed E-state index contributed by atoms with van der Waals surface area (Å²) in [4.78, 5) is 19.4. The van der Waals surface area contributed by atoms with Crippen LogP contribution >= 0.6 is 0 Å². The van der Waals surface area contributed by atoms with Gasteiger partial charge in [0.05, 0.1) is 18.5 Å². The second kappa shape index (κ2) is 9.24. The summed E-state index contributed by atoms with van der Waals surface area (Å²) in [6, 6.07) is 0. The Bertz CT molecular complexity index is 211. The monoisotopic (exact) mass is 277 g/mol. The van der Waals surface area contributed by atoms with Crippen LogP contribution in [0.5, 0.6) is 0 Å². The zero-order valence-electron chi connectivity index (χ0n) is 6.13. The normalized spacial score (nSPS) is 10.2. The summed E-state index contributed by atoms with van der Waals surface area (Å²) in [7, 11) is 0. The van der Waals surface area contributed by atoms with Gasteiger partial charge in [-0.05, 0) is 0 Å². The van der Waals surface area contributed by atoms with Gasteiger partial charge in [-0.25, -0.2) is 0 Å². The number of aliphatic carboxylic acids is 2. The predicted molar refractivity (Wildman–Crippen MR) is 25.3 cm³/mol. The number of hydrogen-bond acceptors (Lipinski definition) is 8. The average Bonchev–Trinajstić information content (AvgIpc) is 2.01. The van der Waals surface area contributed by atoms with Gasteiger partial charge in [-0.1, -0.05) is 0 Å². The van der Waals surface area contributed by atoms with Crippen LogP contribution < -0.4 is 15.9 Å². The average molecular weight is 275 g/mol. The first-order chi connectivity index (χ1) is 5.95. The molecular formula is C4H5MoNO7. The molecule has 13 heavy (non-hydrogen) atoms. The summed E-state index contributed by atoms with van der Waals surface area (Å²) >= 11 is -2.03. The maximum atomic E-state index is 9.74. The molecule has 1 unspecified atom stereocenters. The molecule has 8 nitrogen and oxygen atoms in total. The molecule has 0 aromatic heterocycles. The van der Waals surface area contributed by atoms with E-state index in [4.69, 9.17) is 6.80 Å². The van der Waals surface area contributed by atoms with Crippen molar-refractivity contribution in [2.24, 2.45) is 5.73 Å². The zero-order valence-corrected chi connectivity index (χ0v) is 8.13. The molecule has 0 amide bonds. The Labute approximate surface area is 80.8 Å². The molecule has 0 rings (SSSR count). The van der Waals surface area contributed by atoms with Gasteiger partial charge in [-0.2, -0.15) is 0 Å². The Kier molecular flexibility index (Phi) is 10.4. The zero-order chi connectivity index (χ0) is 10.9. The summed E-state index contributed by atoms with van der Waals surface area (Å²) < 4.78 is 21.0. The first kappa shape index (κ1) is 14.7. The second-order valence-corrected chi connectivity index (χ2v) is 1.83. The quantitative estimate of drug-likeness (QED) is 0.398. The van der Waals surface area contributed by atoms with Crippen LogP contribution in [0.15, 0.2) is 0 Å². The molecule has 2 N–H and O–H groups in total. The van der Waals surface area contributed by atoms with E-state index in [0.29, 0.717) is 0 Å². The number of rotatable bonds is 4. The SMILES string of the molecule is NC(OCC(=O)[O-])C(=O)[O-].[O]=[Mo+2]=[O]. The molecule has 0 aliphatic heterocycles. The van der Waals surface area contributed by atoms with Gasteiger partial charge >= 0.3 is 25.3 Å². The van der Waals surface area contributed by atoms with E-state index >= 15 is 0 Å². The van der Waals surface area contributed by atoms with E-state index in [-0.39, 0.29) is 0 Å². The number of nitrogens with two attached hydrogens (primary N) is 1. The standard InChI is InChI=1S/C4H7NO5.Mo.2O/c5-3(4(8)9)10-1-2(6)7;;;/h3H,1,5H2,(H,6,7)(H,8,9);;;/q;+2;;/p-2. The number of carbonyl (C=O) groups is 2. The van der Waals surface area contributed by atoms with Crippen molar-refractivity contribution >= 4 is 11.9 Å². The van der Waals surface area contributed by atoms with Gasteiger partial charge in [0.15, 0.2) is 0 Å². The predicted octanol–water partition coefficient (Wildman–Crippen LogP) is -4.45. The topological polar surface area (TPSA) is 150 Å². The molecule has 0 heterocycles. The number of carbonyl (C=O) groups excluding carboxylic acids is 2. The Morgan fingerprint density at radius 1 is 1.38 bits per heavy atom. The fourth-order valence-corrected chi connectivity index (χ4v) is 0.226. The molecule has 0 spiro atoms. The van der Waals surface area contributed by atoms with Crippen molar-refractivity contribution in [2.45, 2.75) is 6.23 Å². The van der Waals surface area contributed by atoms with Crippen LogP contribution in [-0.2, 0) is 39.6 Å². The van der Waals surface area contributed by atoms with Crippen molar-refractivity contribution in [3.8, 4) is 0 Å². The van der Waals surface area contributed by atoms with E-state index in [0.717, 1.165) is 0 Å². The van der Waals surface area contributed by atoms with E-state index in [9.17, 15) is 19.8 Å². The summed E-state index contributed by atoms with van der Waals surface area (Å²) in [6.07, 6.45) is -1.71. The molecule has 74 valence electrons. The van der Waals surface area contributed by atoms with Crippen LogP contribution in [0.25, 0.3) is 0 Å². The Hall–Kier alpha value is -0.852. The van der Waals surface area contributed by atoms with E-state index in [1.807, 2.05) is 0 Å². The van der Waals surface area contributed by atoms with Gasteiger partial charge in [0.1, 0.15) is 6.23 Å². The summed E-state index contributed by atoms with van der Waals surface area (Å²) in [5.41, 5.74) is 4.69. The van der Waals surface area contributed by atoms with Crippen molar-refractivity contribution in [1.29, 1.82) is 0 Å². The summed E-state index contributed by atoms with van der Waals surface area (Å²) in [5, 5.41) is 19.4. The van der Waals surface area contributed by atoms with Crippen LogP contribution in [0.4, 0.5) is 0 Å². The molecule has 0 radical (unpaired) electrons. The number of ether oxygens (including phenoxy) is 1. The molecule has 0 fully saturated rings. The van der Waals surface area contributed by atoms with Gasteiger partial charge in [0, 0.05) is 0 Å². The van der Waals surface area contributed by atoms with E-state index < -0.39 is 43.3 Å². The minimum atomic E-state index is -2.03. The van der Waals surface area contributed by atoms with Gasteiger partial charge in [0.25, 0.3) is 0 Å². The van der Waals surface area contributed by atoms with Crippen molar-refractivity contribution in [2.75, 3.05) is 6.61 Å². The molecule has 0 saturated carbocycles. The van der Waals surface area contributed by atoms with Gasteiger partial charge < -0.3 is 30.3 Å². The Balaban J connectivity index is 0. The first-order valence-electron chi connectivity index (χ1n) is 2.65. The van der Waals surface area contributed by atoms with Crippen LogP contribution in [0.1, 0.15) is 0 Å². The fraction of sp³-hybridized carbons (Fsp3) is 0.500. The van der Waals surface area contributed by atoms with E-state index in [2.05, 4.69) is 10.5 Å². The number of hydrogen-bond donors (Lipinski definition) is 1. The van der Waals surface area contributed by atoms with Crippen LogP contribution in [-0.4, -0.2) is 24.8 Å². The number of carboxylic acid groups (broad SMARTS) is 2. The Morgan fingerprint density at radius 2 is 1.77 bits per heavy atom. The summed E-state index contributed by atoms with van der Waals surface area (Å²) in [6.45, 7) is -0.852. The van der Waals surface area contributed by atoms with Crippen molar-refractivity contribution < 1.29 is 49.8 Å². The first-order valence-corrected chi connectivity index (χ1v) is 4.29. The number of carboxylic acids is 2. The molecule has 1 atom stereocenters. The third-order valence-electron chi connectivity index (χ3n) is 0.613. The van der Waals surface area contributed by atoms with Crippen LogP contribution in [0.3, 0.4) is 0 Å². The van der Waals surface area contributed by atoms with E-state index in [1.54, 1.807) is 0 Å². The fourth-order valence-electron chi connectivity index (χ4n) is 0.226. The van der Waals surface area contributed by atoms with Crippen molar-refractivity contribution in [1.82, 2.24) is 0 Å². The van der Waals surface area contributed by atoms with Crippen molar-refractivity contribution in [3.05, 3.63) is 0 Å².